The molecule has 1 fully saturated rings. The molecule has 94 valence electrons. The molecule has 0 aliphatic heterocycles. The third-order valence-corrected chi connectivity index (χ3v) is 4.18. The Bertz CT molecular complexity index is 327. The summed E-state index contributed by atoms with van der Waals surface area (Å²) < 4.78 is 5.44. The monoisotopic (exact) mass is 252 g/mol. The zero-order chi connectivity index (χ0) is 12.1. The van der Waals surface area contributed by atoms with E-state index in [0.717, 1.165) is 5.75 Å². The van der Waals surface area contributed by atoms with E-state index < -0.39 is 0 Å². The van der Waals surface area contributed by atoms with E-state index in [2.05, 4.69) is 12.1 Å². The number of rotatable bonds is 4. The van der Waals surface area contributed by atoms with Crippen LogP contribution >= 0.6 is 11.6 Å². The summed E-state index contributed by atoms with van der Waals surface area (Å²) in [7, 11) is 0. The van der Waals surface area contributed by atoms with Crippen LogP contribution in [0.2, 0.25) is 0 Å². The minimum absolute atomic E-state index is 0.172. The Balaban J connectivity index is 2.00. The van der Waals surface area contributed by atoms with E-state index in [-0.39, 0.29) is 5.38 Å². The van der Waals surface area contributed by atoms with Crippen molar-refractivity contribution in [3.8, 4) is 5.75 Å². The van der Waals surface area contributed by atoms with Crippen LogP contribution in [-0.2, 0) is 0 Å². The van der Waals surface area contributed by atoms with Crippen molar-refractivity contribution in [1.82, 2.24) is 0 Å². The highest BCUT2D eigenvalue weighted by Crippen LogP contribution is 2.38. The fraction of sp³-hybridized carbons (Fsp3) is 0.600. The summed E-state index contributed by atoms with van der Waals surface area (Å²) in [5.74, 6) is 1.59. The van der Waals surface area contributed by atoms with Gasteiger partial charge >= 0.3 is 0 Å². The first-order valence-corrected chi connectivity index (χ1v) is 7.11. The fourth-order valence-corrected chi connectivity index (χ4v) is 3.01. The summed E-state index contributed by atoms with van der Waals surface area (Å²) in [6.45, 7) is 2.71. The summed E-state index contributed by atoms with van der Waals surface area (Å²) >= 11 is 6.57. The van der Waals surface area contributed by atoms with E-state index in [4.69, 9.17) is 16.3 Å². The first-order valence-electron chi connectivity index (χ1n) is 6.68. The van der Waals surface area contributed by atoms with Crippen LogP contribution in [0, 0.1) is 5.92 Å². The molecule has 1 aliphatic carbocycles. The van der Waals surface area contributed by atoms with E-state index in [1.165, 1.54) is 37.7 Å². The van der Waals surface area contributed by atoms with Crippen molar-refractivity contribution in [1.29, 1.82) is 0 Å². The van der Waals surface area contributed by atoms with Gasteiger partial charge in [-0.2, -0.15) is 0 Å². The van der Waals surface area contributed by atoms with Gasteiger partial charge in [0, 0.05) is 0 Å². The van der Waals surface area contributed by atoms with Crippen molar-refractivity contribution in [2.45, 2.75) is 44.4 Å². The Kier molecular flexibility index (Phi) is 4.73. The normalized spacial score (nSPS) is 18.9. The molecule has 1 unspecified atom stereocenters. The highest BCUT2D eigenvalue weighted by Gasteiger charge is 2.22. The van der Waals surface area contributed by atoms with Crippen molar-refractivity contribution in [3.63, 3.8) is 0 Å². The van der Waals surface area contributed by atoms with Gasteiger partial charge in [0.1, 0.15) is 5.75 Å². The van der Waals surface area contributed by atoms with Gasteiger partial charge < -0.3 is 4.74 Å². The quantitative estimate of drug-likeness (QED) is 0.690. The molecule has 1 aromatic carbocycles. The van der Waals surface area contributed by atoms with Crippen molar-refractivity contribution in [2.24, 2.45) is 5.92 Å². The summed E-state index contributed by atoms with van der Waals surface area (Å²) in [6, 6.07) is 8.27. The van der Waals surface area contributed by atoms with Crippen LogP contribution in [0.5, 0.6) is 5.75 Å². The SMILES string of the molecule is CCOc1ccc(C(Cl)C2CCCCC2)cc1. The van der Waals surface area contributed by atoms with Crippen LogP contribution in [0.25, 0.3) is 0 Å². The van der Waals surface area contributed by atoms with Gasteiger partial charge in [-0.05, 0) is 43.4 Å². The van der Waals surface area contributed by atoms with E-state index >= 15 is 0 Å². The first kappa shape index (κ1) is 12.8. The molecule has 2 rings (SSSR count). The maximum atomic E-state index is 6.57. The number of benzene rings is 1. The first-order chi connectivity index (χ1) is 8.31. The molecule has 0 aromatic heterocycles. The van der Waals surface area contributed by atoms with Crippen LogP contribution in [-0.4, -0.2) is 6.61 Å². The molecule has 1 aliphatic rings. The van der Waals surface area contributed by atoms with E-state index in [0.29, 0.717) is 12.5 Å². The fourth-order valence-electron chi connectivity index (χ4n) is 2.61. The molecule has 1 aromatic rings. The largest absolute Gasteiger partial charge is 0.494 e. The maximum Gasteiger partial charge on any atom is 0.119 e. The van der Waals surface area contributed by atoms with Crippen molar-refractivity contribution >= 4 is 11.6 Å². The van der Waals surface area contributed by atoms with Gasteiger partial charge in [-0.1, -0.05) is 31.4 Å². The highest BCUT2D eigenvalue weighted by molar-refractivity contribution is 6.21. The standard InChI is InChI=1S/C15H21ClO/c1-2-17-14-10-8-13(9-11-14)15(16)12-6-4-3-5-7-12/h8-12,15H,2-7H2,1H3. The average Bonchev–Trinajstić information content (AvgIpc) is 2.40. The predicted octanol–water partition coefficient (Wildman–Crippen LogP) is 4.95. The summed E-state index contributed by atoms with van der Waals surface area (Å²) in [5.41, 5.74) is 1.24. The number of hydrogen-bond acceptors (Lipinski definition) is 1. The topological polar surface area (TPSA) is 9.23 Å². The van der Waals surface area contributed by atoms with Gasteiger partial charge in [0.05, 0.1) is 12.0 Å². The Morgan fingerprint density at radius 2 is 1.82 bits per heavy atom. The van der Waals surface area contributed by atoms with Gasteiger partial charge in [-0.3, -0.25) is 0 Å². The zero-order valence-electron chi connectivity index (χ0n) is 10.5. The number of hydrogen-bond donors (Lipinski definition) is 0. The van der Waals surface area contributed by atoms with Crippen molar-refractivity contribution < 1.29 is 4.74 Å². The lowest BCUT2D eigenvalue weighted by molar-refractivity contribution is 0.338. The lowest BCUT2D eigenvalue weighted by Crippen LogP contribution is -2.12. The van der Waals surface area contributed by atoms with Gasteiger partial charge in [0.2, 0.25) is 0 Å². The van der Waals surface area contributed by atoms with Crippen LogP contribution in [0.1, 0.15) is 50.0 Å². The molecule has 0 radical (unpaired) electrons. The number of halogens is 1. The summed E-state index contributed by atoms with van der Waals surface area (Å²) in [6.07, 6.45) is 6.61. The summed E-state index contributed by atoms with van der Waals surface area (Å²) in [5, 5.41) is 0.172. The molecule has 1 atom stereocenters. The van der Waals surface area contributed by atoms with Gasteiger partial charge in [-0.25, -0.2) is 0 Å². The van der Waals surface area contributed by atoms with E-state index in [9.17, 15) is 0 Å². The third-order valence-electron chi connectivity index (χ3n) is 3.57. The van der Waals surface area contributed by atoms with Crippen LogP contribution in [0.3, 0.4) is 0 Å². The third kappa shape index (κ3) is 3.38. The Labute approximate surface area is 109 Å². The Morgan fingerprint density at radius 3 is 2.41 bits per heavy atom. The molecule has 2 heteroatoms. The molecule has 0 bridgehead atoms. The minimum atomic E-state index is 0.172. The molecule has 1 saturated carbocycles. The van der Waals surface area contributed by atoms with Crippen LogP contribution in [0.4, 0.5) is 0 Å². The lowest BCUT2D eigenvalue weighted by Gasteiger charge is -2.26. The predicted molar refractivity (Wildman–Crippen MR) is 72.8 cm³/mol. The molecule has 0 saturated heterocycles. The molecular weight excluding hydrogens is 232 g/mol. The van der Waals surface area contributed by atoms with Gasteiger partial charge in [-0.15, -0.1) is 11.6 Å². The van der Waals surface area contributed by atoms with Gasteiger partial charge in [0.15, 0.2) is 0 Å². The molecule has 0 amide bonds. The van der Waals surface area contributed by atoms with Crippen molar-refractivity contribution in [2.75, 3.05) is 6.61 Å². The zero-order valence-corrected chi connectivity index (χ0v) is 11.2. The second kappa shape index (κ2) is 6.30. The molecule has 17 heavy (non-hydrogen) atoms. The molecule has 1 nitrogen and oxygen atoms in total. The minimum Gasteiger partial charge on any atom is -0.494 e. The summed E-state index contributed by atoms with van der Waals surface area (Å²) in [4.78, 5) is 0. The molecule has 0 heterocycles. The maximum absolute atomic E-state index is 6.57. The number of ether oxygens (including phenoxy) is 1. The molecule has 0 N–H and O–H groups in total. The van der Waals surface area contributed by atoms with Crippen LogP contribution in [0.15, 0.2) is 24.3 Å². The molecule has 0 spiro atoms. The second-order valence-corrected chi connectivity index (χ2v) is 5.27. The Morgan fingerprint density at radius 1 is 1.18 bits per heavy atom. The number of alkyl halides is 1. The lowest BCUT2D eigenvalue weighted by atomic mass is 9.84. The van der Waals surface area contributed by atoms with E-state index in [1.54, 1.807) is 0 Å². The highest BCUT2D eigenvalue weighted by atomic mass is 35.5. The van der Waals surface area contributed by atoms with Crippen molar-refractivity contribution in [3.05, 3.63) is 29.8 Å². The second-order valence-electron chi connectivity index (χ2n) is 4.80. The van der Waals surface area contributed by atoms with E-state index in [1.807, 2.05) is 19.1 Å². The smallest absolute Gasteiger partial charge is 0.119 e. The average molecular weight is 253 g/mol. The van der Waals surface area contributed by atoms with Gasteiger partial charge in [0.25, 0.3) is 0 Å². The molecular formula is C15H21ClO. The van der Waals surface area contributed by atoms with Crippen LogP contribution < -0.4 is 4.74 Å². The Hall–Kier alpha value is -0.690.